The third-order valence-electron chi connectivity index (χ3n) is 2.33. The van der Waals surface area contributed by atoms with E-state index >= 15 is 0 Å². The van der Waals surface area contributed by atoms with Gasteiger partial charge in [-0.2, -0.15) is 5.26 Å². The van der Waals surface area contributed by atoms with Crippen molar-refractivity contribution in [2.45, 2.75) is 11.3 Å². The minimum absolute atomic E-state index is 0.605. The number of nitriles is 1. The van der Waals surface area contributed by atoms with Gasteiger partial charge in [0.2, 0.25) is 0 Å². The van der Waals surface area contributed by atoms with Crippen LogP contribution < -0.4 is 0 Å². The molecule has 15 heavy (non-hydrogen) atoms. The van der Waals surface area contributed by atoms with Gasteiger partial charge in [0.05, 0.1) is 6.07 Å². The van der Waals surface area contributed by atoms with Crippen molar-refractivity contribution in [2.24, 2.45) is 7.05 Å². The van der Waals surface area contributed by atoms with Gasteiger partial charge >= 0.3 is 0 Å². The smallest absolute Gasteiger partial charge is 0.0630 e. The molecule has 0 aliphatic heterocycles. The molecule has 0 aliphatic carbocycles. The monoisotopic (exact) mass is 216 g/mol. The molecule has 3 heteroatoms. The molecule has 0 bridgehead atoms. The molecule has 0 fully saturated rings. The van der Waals surface area contributed by atoms with Crippen LogP contribution in [-0.2, 0) is 7.05 Å². The van der Waals surface area contributed by atoms with Gasteiger partial charge in [0.15, 0.2) is 0 Å². The number of aryl methyl sites for hydroxylation is 1. The molecule has 2 nitrogen and oxygen atoms in total. The average Bonchev–Trinajstić information content (AvgIpc) is 2.58. The van der Waals surface area contributed by atoms with Gasteiger partial charge in [0.25, 0.3) is 0 Å². The van der Waals surface area contributed by atoms with Crippen molar-refractivity contribution >= 4 is 22.7 Å². The van der Waals surface area contributed by atoms with Gasteiger partial charge in [0, 0.05) is 41.2 Å². The van der Waals surface area contributed by atoms with Gasteiger partial charge in [-0.25, -0.2) is 0 Å². The molecule has 76 valence electrons. The molecule has 0 amide bonds. The topological polar surface area (TPSA) is 28.7 Å². The summed E-state index contributed by atoms with van der Waals surface area (Å²) in [5.41, 5.74) is 1.25. The fourth-order valence-electron chi connectivity index (χ4n) is 1.63. The van der Waals surface area contributed by atoms with E-state index in [1.807, 2.05) is 6.07 Å². The molecule has 0 spiro atoms. The summed E-state index contributed by atoms with van der Waals surface area (Å²) in [6, 6.07) is 10.5. The van der Waals surface area contributed by atoms with E-state index in [1.165, 1.54) is 15.8 Å². The molecule has 0 unspecified atom stereocenters. The summed E-state index contributed by atoms with van der Waals surface area (Å²) in [5.74, 6) is 0.866. The highest BCUT2D eigenvalue weighted by molar-refractivity contribution is 7.99. The van der Waals surface area contributed by atoms with Crippen LogP contribution in [-0.4, -0.2) is 10.3 Å². The normalized spacial score (nSPS) is 10.4. The van der Waals surface area contributed by atoms with Crippen LogP contribution in [0.2, 0.25) is 0 Å². The van der Waals surface area contributed by atoms with E-state index in [0.29, 0.717) is 6.42 Å². The summed E-state index contributed by atoms with van der Waals surface area (Å²) < 4.78 is 2.13. The molecular weight excluding hydrogens is 204 g/mol. The van der Waals surface area contributed by atoms with Crippen molar-refractivity contribution in [3.05, 3.63) is 30.5 Å². The first-order valence-corrected chi connectivity index (χ1v) is 5.85. The average molecular weight is 216 g/mol. The number of rotatable bonds is 3. The molecule has 0 saturated heterocycles. The van der Waals surface area contributed by atoms with Crippen LogP contribution in [0.5, 0.6) is 0 Å². The van der Waals surface area contributed by atoms with E-state index in [9.17, 15) is 0 Å². The fourth-order valence-corrected chi connectivity index (χ4v) is 2.60. The highest BCUT2D eigenvalue weighted by Gasteiger charge is 2.05. The first-order valence-electron chi connectivity index (χ1n) is 4.87. The summed E-state index contributed by atoms with van der Waals surface area (Å²) in [6.45, 7) is 0. The van der Waals surface area contributed by atoms with Gasteiger partial charge in [-0.05, 0) is 6.07 Å². The first-order chi connectivity index (χ1) is 7.33. The number of para-hydroxylation sites is 1. The number of hydrogen-bond acceptors (Lipinski definition) is 2. The van der Waals surface area contributed by atoms with E-state index in [2.05, 4.69) is 42.1 Å². The van der Waals surface area contributed by atoms with E-state index < -0.39 is 0 Å². The standard InChI is InChI=1S/C12H12N2S/c1-14-9-12(15-8-4-7-13)10-5-2-3-6-11(10)14/h2-3,5-6,9H,4,8H2,1H3. The molecule has 0 atom stereocenters. The van der Waals surface area contributed by atoms with Gasteiger partial charge in [-0.1, -0.05) is 18.2 Å². The number of benzene rings is 1. The Morgan fingerprint density at radius 2 is 2.20 bits per heavy atom. The van der Waals surface area contributed by atoms with Crippen LogP contribution in [0.25, 0.3) is 10.9 Å². The van der Waals surface area contributed by atoms with Crippen molar-refractivity contribution in [1.29, 1.82) is 5.26 Å². The Morgan fingerprint density at radius 1 is 1.40 bits per heavy atom. The van der Waals surface area contributed by atoms with Crippen molar-refractivity contribution in [3.8, 4) is 6.07 Å². The Kier molecular flexibility index (Phi) is 2.98. The summed E-state index contributed by atoms with van der Waals surface area (Å²) in [7, 11) is 2.05. The summed E-state index contributed by atoms with van der Waals surface area (Å²) >= 11 is 1.75. The quantitative estimate of drug-likeness (QED) is 0.582. The van der Waals surface area contributed by atoms with E-state index in [0.717, 1.165) is 5.75 Å². The lowest BCUT2D eigenvalue weighted by atomic mass is 10.2. The second kappa shape index (κ2) is 4.41. The summed E-state index contributed by atoms with van der Waals surface area (Å²) in [5, 5.41) is 9.77. The molecule has 0 saturated carbocycles. The van der Waals surface area contributed by atoms with Gasteiger partial charge in [-0.15, -0.1) is 11.8 Å². The Hall–Kier alpha value is -1.40. The number of aromatic nitrogens is 1. The minimum atomic E-state index is 0.605. The highest BCUT2D eigenvalue weighted by atomic mass is 32.2. The maximum Gasteiger partial charge on any atom is 0.0630 e. The number of fused-ring (bicyclic) bond motifs is 1. The second-order valence-electron chi connectivity index (χ2n) is 3.38. The van der Waals surface area contributed by atoms with Crippen molar-refractivity contribution in [1.82, 2.24) is 4.57 Å². The Bertz CT molecular complexity index is 508. The number of hydrogen-bond donors (Lipinski definition) is 0. The van der Waals surface area contributed by atoms with Crippen LogP contribution >= 0.6 is 11.8 Å². The summed E-state index contributed by atoms with van der Waals surface area (Å²) in [4.78, 5) is 1.27. The molecule has 0 aliphatic rings. The van der Waals surface area contributed by atoms with E-state index in [-0.39, 0.29) is 0 Å². The molecule has 1 aromatic heterocycles. The molecule has 1 heterocycles. The zero-order valence-corrected chi connectivity index (χ0v) is 9.42. The predicted molar refractivity (Wildman–Crippen MR) is 63.9 cm³/mol. The maximum atomic E-state index is 8.49. The lowest BCUT2D eigenvalue weighted by Crippen LogP contribution is -1.81. The minimum Gasteiger partial charge on any atom is -0.349 e. The lowest BCUT2D eigenvalue weighted by molar-refractivity contribution is 0.957. The van der Waals surface area contributed by atoms with Gasteiger partial charge in [0.1, 0.15) is 0 Å². The van der Waals surface area contributed by atoms with Crippen LogP contribution in [0.4, 0.5) is 0 Å². The van der Waals surface area contributed by atoms with Gasteiger partial charge < -0.3 is 4.57 Å². The van der Waals surface area contributed by atoms with Crippen molar-refractivity contribution < 1.29 is 0 Å². The Morgan fingerprint density at radius 3 is 3.00 bits per heavy atom. The zero-order valence-electron chi connectivity index (χ0n) is 8.60. The van der Waals surface area contributed by atoms with Crippen LogP contribution in [0, 0.1) is 11.3 Å². The maximum absolute atomic E-state index is 8.49. The Balaban J connectivity index is 2.32. The molecular formula is C12H12N2S. The highest BCUT2D eigenvalue weighted by Crippen LogP contribution is 2.29. The predicted octanol–water partition coefficient (Wildman–Crippen LogP) is 3.18. The zero-order chi connectivity index (χ0) is 10.7. The lowest BCUT2D eigenvalue weighted by Gasteiger charge is -1.95. The fraction of sp³-hybridized carbons (Fsp3) is 0.250. The SMILES string of the molecule is Cn1cc(SCCC#N)c2ccccc21. The summed E-state index contributed by atoms with van der Waals surface area (Å²) in [6.07, 6.45) is 2.74. The van der Waals surface area contributed by atoms with E-state index in [4.69, 9.17) is 5.26 Å². The molecule has 2 rings (SSSR count). The van der Waals surface area contributed by atoms with Crippen molar-refractivity contribution in [2.75, 3.05) is 5.75 Å². The van der Waals surface area contributed by atoms with Crippen LogP contribution in [0.15, 0.2) is 35.4 Å². The number of thioether (sulfide) groups is 1. The largest absolute Gasteiger partial charge is 0.349 e. The second-order valence-corrected chi connectivity index (χ2v) is 4.51. The molecule has 0 radical (unpaired) electrons. The molecule has 0 N–H and O–H groups in total. The van der Waals surface area contributed by atoms with Crippen molar-refractivity contribution in [3.63, 3.8) is 0 Å². The third kappa shape index (κ3) is 2.00. The van der Waals surface area contributed by atoms with Gasteiger partial charge in [-0.3, -0.25) is 0 Å². The van der Waals surface area contributed by atoms with Crippen LogP contribution in [0.1, 0.15) is 6.42 Å². The molecule has 2 aromatic rings. The third-order valence-corrected chi connectivity index (χ3v) is 3.38. The first kappa shape index (κ1) is 10.1. The Labute approximate surface area is 93.5 Å². The number of nitrogens with zero attached hydrogens (tertiary/aromatic N) is 2. The van der Waals surface area contributed by atoms with Crippen LogP contribution in [0.3, 0.4) is 0 Å². The van der Waals surface area contributed by atoms with E-state index in [1.54, 1.807) is 11.8 Å². The molecule has 1 aromatic carbocycles.